The highest BCUT2D eigenvalue weighted by Gasteiger charge is 2.47. The normalized spacial score (nSPS) is 23.6. The minimum atomic E-state index is -0.0721. The van der Waals surface area contributed by atoms with E-state index in [0.717, 1.165) is 29.9 Å². The van der Waals surface area contributed by atoms with Gasteiger partial charge in [0.05, 0.1) is 17.9 Å². The van der Waals surface area contributed by atoms with Crippen molar-refractivity contribution in [3.8, 4) is 0 Å². The molecular weight excluding hydrogens is 370 g/mol. The molecule has 2 heterocycles. The van der Waals surface area contributed by atoms with E-state index >= 15 is 0 Å². The van der Waals surface area contributed by atoms with Gasteiger partial charge in [0.15, 0.2) is 0 Å². The molecule has 4 heteroatoms. The van der Waals surface area contributed by atoms with Gasteiger partial charge in [0.1, 0.15) is 0 Å². The van der Waals surface area contributed by atoms with Crippen molar-refractivity contribution in [2.75, 3.05) is 4.90 Å². The van der Waals surface area contributed by atoms with Crippen LogP contribution < -0.4 is 10.2 Å². The van der Waals surface area contributed by atoms with Crippen LogP contribution in [0.15, 0.2) is 54.4 Å². The first-order chi connectivity index (χ1) is 14.6. The van der Waals surface area contributed by atoms with Crippen molar-refractivity contribution >= 4 is 17.8 Å². The van der Waals surface area contributed by atoms with E-state index in [0.29, 0.717) is 5.41 Å². The number of aromatic nitrogens is 1. The monoisotopic (exact) mass is 399 g/mol. The SMILES string of the molecule is C/C=C1/[C@@H](CC)NC(=O)N1c1ccc(C(C)c2cccc3c2C2(CC=C3)CC2)nc1. The smallest absolute Gasteiger partial charge is 0.326 e. The number of allylic oxidation sites excluding steroid dienone is 2. The maximum Gasteiger partial charge on any atom is 0.326 e. The molecule has 1 aromatic carbocycles. The highest BCUT2D eigenvalue weighted by Crippen LogP contribution is 2.56. The molecule has 3 aliphatic rings. The molecule has 2 atom stereocenters. The molecule has 1 saturated heterocycles. The fourth-order valence-electron chi connectivity index (χ4n) is 5.23. The molecule has 2 aromatic rings. The molecule has 1 aliphatic heterocycles. The first-order valence-electron chi connectivity index (χ1n) is 11.1. The fraction of sp³-hybridized carbons (Fsp3) is 0.385. The largest absolute Gasteiger partial charge is 0.329 e. The third-order valence-corrected chi connectivity index (χ3v) is 7.08. The molecule has 0 radical (unpaired) electrons. The molecule has 1 aromatic heterocycles. The zero-order chi connectivity index (χ0) is 20.9. The van der Waals surface area contributed by atoms with Crippen LogP contribution in [-0.4, -0.2) is 17.1 Å². The maximum absolute atomic E-state index is 12.5. The second-order valence-corrected chi connectivity index (χ2v) is 8.82. The van der Waals surface area contributed by atoms with Crippen LogP contribution in [0.3, 0.4) is 0 Å². The molecule has 5 rings (SSSR count). The van der Waals surface area contributed by atoms with E-state index in [2.05, 4.69) is 55.6 Å². The summed E-state index contributed by atoms with van der Waals surface area (Å²) >= 11 is 0. The minimum Gasteiger partial charge on any atom is -0.329 e. The number of urea groups is 1. The third kappa shape index (κ3) is 2.89. The van der Waals surface area contributed by atoms with E-state index in [9.17, 15) is 4.79 Å². The standard InChI is InChI=1S/C26H29N3O/c1-4-21-23(5-2)29(25(30)28-21)19-11-12-22(27-16-19)17(3)20-10-6-8-18-9-7-13-26(14-15-26)24(18)20/h5-12,16-17,21H,4,13-15H2,1-3H3,(H,28,30)/b23-5-/t17?,21-/m1/s1. The lowest BCUT2D eigenvalue weighted by Crippen LogP contribution is -2.28. The summed E-state index contributed by atoms with van der Waals surface area (Å²) in [6, 6.07) is 10.8. The van der Waals surface area contributed by atoms with Gasteiger partial charge in [-0.2, -0.15) is 0 Å². The molecule has 30 heavy (non-hydrogen) atoms. The third-order valence-electron chi connectivity index (χ3n) is 7.08. The van der Waals surface area contributed by atoms with Crippen LogP contribution in [-0.2, 0) is 5.41 Å². The molecule has 2 fully saturated rings. The molecule has 0 bridgehead atoms. The van der Waals surface area contributed by atoms with Crippen LogP contribution in [0.4, 0.5) is 10.5 Å². The van der Waals surface area contributed by atoms with Crippen molar-refractivity contribution < 1.29 is 4.79 Å². The first kappa shape index (κ1) is 19.1. The van der Waals surface area contributed by atoms with Crippen LogP contribution >= 0.6 is 0 Å². The van der Waals surface area contributed by atoms with Crippen LogP contribution in [0.25, 0.3) is 6.08 Å². The zero-order valence-electron chi connectivity index (χ0n) is 18.0. The molecule has 4 nitrogen and oxygen atoms in total. The molecule has 1 saturated carbocycles. The topological polar surface area (TPSA) is 45.2 Å². The quantitative estimate of drug-likeness (QED) is 0.696. The van der Waals surface area contributed by atoms with Crippen molar-refractivity contribution in [1.82, 2.24) is 10.3 Å². The van der Waals surface area contributed by atoms with Gasteiger partial charge >= 0.3 is 6.03 Å². The number of hydrogen-bond donors (Lipinski definition) is 1. The fourth-order valence-corrected chi connectivity index (χ4v) is 5.23. The zero-order valence-corrected chi connectivity index (χ0v) is 18.0. The minimum absolute atomic E-state index is 0.0692. The second-order valence-electron chi connectivity index (χ2n) is 8.82. The Morgan fingerprint density at radius 3 is 2.80 bits per heavy atom. The lowest BCUT2D eigenvalue weighted by molar-refractivity contribution is 0.250. The summed E-state index contributed by atoms with van der Waals surface area (Å²) in [4.78, 5) is 19.1. The molecule has 2 amide bonds. The van der Waals surface area contributed by atoms with Gasteiger partial charge in [-0.15, -0.1) is 0 Å². The Bertz CT molecular complexity index is 1050. The number of anilines is 1. The maximum atomic E-state index is 12.5. The number of amides is 2. The van der Waals surface area contributed by atoms with Crippen molar-refractivity contribution in [1.29, 1.82) is 0 Å². The van der Waals surface area contributed by atoms with Crippen LogP contribution in [0.1, 0.15) is 74.8 Å². The van der Waals surface area contributed by atoms with E-state index in [1.165, 1.54) is 29.5 Å². The number of carbonyl (C=O) groups is 1. The van der Waals surface area contributed by atoms with Crippen molar-refractivity contribution in [2.45, 2.75) is 63.8 Å². The Balaban J connectivity index is 1.47. The first-order valence-corrected chi connectivity index (χ1v) is 11.1. The number of nitrogens with zero attached hydrogens (tertiary/aromatic N) is 2. The molecule has 154 valence electrons. The number of rotatable bonds is 4. The van der Waals surface area contributed by atoms with Gasteiger partial charge in [-0.05, 0) is 66.8 Å². The molecular formula is C26H29N3O. The van der Waals surface area contributed by atoms with Gasteiger partial charge in [0.2, 0.25) is 0 Å². The van der Waals surface area contributed by atoms with Gasteiger partial charge in [0, 0.05) is 17.3 Å². The lowest BCUT2D eigenvalue weighted by atomic mass is 9.77. The average molecular weight is 400 g/mol. The number of fused-ring (bicyclic) bond motifs is 2. The Hall–Kier alpha value is -2.88. The Morgan fingerprint density at radius 2 is 2.13 bits per heavy atom. The molecule has 2 aliphatic carbocycles. The molecule has 1 spiro atoms. The van der Waals surface area contributed by atoms with E-state index in [1.807, 2.05) is 25.3 Å². The van der Waals surface area contributed by atoms with Crippen molar-refractivity contribution in [2.24, 2.45) is 0 Å². The average Bonchev–Trinajstić information content (AvgIpc) is 3.46. The number of benzene rings is 1. The summed E-state index contributed by atoms with van der Waals surface area (Å²) in [7, 11) is 0. The lowest BCUT2D eigenvalue weighted by Gasteiger charge is -2.27. The Labute approximate surface area is 178 Å². The highest BCUT2D eigenvalue weighted by atomic mass is 16.2. The summed E-state index contributed by atoms with van der Waals surface area (Å²) in [5, 5.41) is 3.05. The summed E-state index contributed by atoms with van der Waals surface area (Å²) in [5.41, 5.74) is 7.54. The predicted octanol–water partition coefficient (Wildman–Crippen LogP) is 5.89. The summed E-state index contributed by atoms with van der Waals surface area (Å²) in [6.07, 6.45) is 13.1. The van der Waals surface area contributed by atoms with Crippen molar-refractivity contribution in [3.05, 3.63) is 76.8 Å². The van der Waals surface area contributed by atoms with Gasteiger partial charge in [-0.1, -0.05) is 50.3 Å². The number of hydrogen-bond acceptors (Lipinski definition) is 2. The van der Waals surface area contributed by atoms with Crippen LogP contribution in [0.2, 0.25) is 0 Å². The van der Waals surface area contributed by atoms with E-state index in [-0.39, 0.29) is 18.0 Å². The van der Waals surface area contributed by atoms with Gasteiger partial charge in [-0.3, -0.25) is 9.88 Å². The van der Waals surface area contributed by atoms with Crippen LogP contribution in [0.5, 0.6) is 0 Å². The van der Waals surface area contributed by atoms with Gasteiger partial charge < -0.3 is 5.32 Å². The predicted molar refractivity (Wildman–Crippen MR) is 122 cm³/mol. The highest BCUT2D eigenvalue weighted by molar-refractivity contribution is 5.98. The Kier molecular flexibility index (Phi) is 4.53. The van der Waals surface area contributed by atoms with Gasteiger partial charge in [-0.25, -0.2) is 4.79 Å². The van der Waals surface area contributed by atoms with Gasteiger partial charge in [0.25, 0.3) is 0 Å². The van der Waals surface area contributed by atoms with E-state index < -0.39 is 0 Å². The van der Waals surface area contributed by atoms with E-state index in [4.69, 9.17) is 4.98 Å². The van der Waals surface area contributed by atoms with E-state index in [1.54, 1.807) is 4.90 Å². The Morgan fingerprint density at radius 1 is 1.30 bits per heavy atom. The number of nitrogens with one attached hydrogen (secondary N) is 1. The number of carbonyl (C=O) groups excluding carboxylic acids is 1. The summed E-state index contributed by atoms with van der Waals surface area (Å²) in [5.74, 6) is 0.218. The number of pyridine rings is 1. The molecule has 1 unspecified atom stereocenters. The summed E-state index contributed by atoms with van der Waals surface area (Å²) in [6.45, 7) is 6.32. The van der Waals surface area contributed by atoms with Crippen LogP contribution in [0, 0.1) is 0 Å². The summed E-state index contributed by atoms with van der Waals surface area (Å²) < 4.78 is 0. The second kappa shape index (κ2) is 7.12. The molecule has 1 N–H and O–H groups in total. The van der Waals surface area contributed by atoms with Crippen molar-refractivity contribution in [3.63, 3.8) is 0 Å².